The third kappa shape index (κ3) is 4.15. The number of hydrogen-bond donors (Lipinski definition) is 0. The monoisotopic (exact) mass is 440 g/mol. The molecule has 3 atom stereocenters. The molecular weight excluding hydrogens is 410 g/mol. The summed E-state index contributed by atoms with van der Waals surface area (Å²) in [6.45, 7) is 4.48. The van der Waals surface area contributed by atoms with Crippen LogP contribution in [0.2, 0.25) is 0 Å². The van der Waals surface area contributed by atoms with Gasteiger partial charge in [0.15, 0.2) is 0 Å². The van der Waals surface area contributed by atoms with Crippen molar-refractivity contribution in [3.05, 3.63) is 41.6 Å². The number of aliphatic imine (C=N–C) groups is 1. The van der Waals surface area contributed by atoms with E-state index in [4.69, 9.17) is 0 Å². The summed E-state index contributed by atoms with van der Waals surface area (Å²) in [5.74, 6) is -3.34. The number of rotatable bonds is 4. The zero-order valence-corrected chi connectivity index (χ0v) is 18.7. The molecule has 1 amide bonds. The normalized spacial score (nSPS) is 27.9. The van der Waals surface area contributed by atoms with E-state index < -0.39 is 11.8 Å². The molecule has 0 radical (unpaired) electrons. The molecule has 1 aromatic carbocycles. The number of carbonyl (C=O) groups is 1. The Morgan fingerprint density at radius 2 is 2.06 bits per heavy atom. The summed E-state index contributed by atoms with van der Waals surface area (Å²) in [6.07, 6.45) is 3.07. The summed E-state index contributed by atoms with van der Waals surface area (Å²) in [5, 5.41) is 1.10. The minimum atomic E-state index is -2.81. The van der Waals surface area contributed by atoms with Crippen molar-refractivity contribution in [3.8, 4) is 0 Å². The van der Waals surface area contributed by atoms with Crippen LogP contribution < -0.4 is 0 Å². The van der Waals surface area contributed by atoms with Crippen molar-refractivity contribution in [2.45, 2.75) is 38.0 Å². The number of fused-ring (bicyclic) bond motifs is 1. The number of likely N-dealkylation sites (tertiary alicyclic amines) is 2. The Morgan fingerprint density at radius 3 is 2.81 bits per heavy atom. The summed E-state index contributed by atoms with van der Waals surface area (Å²) < 4.78 is 29.0. The van der Waals surface area contributed by atoms with E-state index in [-0.39, 0.29) is 24.8 Å². The topological polar surface area (TPSA) is 48.8 Å². The highest BCUT2D eigenvalue weighted by Gasteiger charge is 2.45. The minimum absolute atomic E-state index is 0.0681. The van der Waals surface area contributed by atoms with Crippen LogP contribution in [0.4, 0.5) is 8.78 Å². The van der Waals surface area contributed by atoms with Crippen molar-refractivity contribution in [2.24, 2.45) is 16.8 Å². The molecule has 4 heterocycles. The highest BCUT2D eigenvalue weighted by atomic mass is 19.3. The highest BCUT2D eigenvalue weighted by Crippen LogP contribution is 2.38. The van der Waals surface area contributed by atoms with Crippen molar-refractivity contribution >= 4 is 22.5 Å². The van der Waals surface area contributed by atoms with Gasteiger partial charge in [-0.2, -0.15) is 0 Å². The van der Waals surface area contributed by atoms with Gasteiger partial charge in [0.25, 0.3) is 5.92 Å². The first-order valence-electron chi connectivity index (χ1n) is 11.6. The summed E-state index contributed by atoms with van der Waals surface area (Å²) in [6, 6.07) is 8.29. The first-order valence-corrected chi connectivity index (χ1v) is 11.6. The Kier molecular flexibility index (Phi) is 5.48. The van der Waals surface area contributed by atoms with Crippen LogP contribution in [-0.4, -0.2) is 72.1 Å². The van der Waals surface area contributed by atoms with Crippen LogP contribution >= 0.6 is 0 Å². The third-order valence-corrected chi connectivity index (χ3v) is 7.24. The molecular formula is C25H30F2N4O. The molecule has 0 bridgehead atoms. The molecule has 1 aromatic heterocycles. The Bertz CT molecular complexity index is 1070. The van der Waals surface area contributed by atoms with Crippen LogP contribution in [0.25, 0.3) is 10.9 Å². The van der Waals surface area contributed by atoms with Crippen molar-refractivity contribution < 1.29 is 13.6 Å². The maximum absolute atomic E-state index is 14.5. The molecule has 3 aliphatic rings. The fraction of sp³-hybridized carbons (Fsp3) is 0.560. The molecule has 0 saturated carbocycles. The summed E-state index contributed by atoms with van der Waals surface area (Å²) in [4.78, 5) is 25.6. The van der Waals surface area contributed by atoms with Gasteiger partial charge >= 0.3 is 0 Å². The second-order valence-electron chi connectivity index (χ2n) is 9.89. The second-order valence-corrected chi connectivity index (χ2v) is 9.89. The van der Waals surface area contributed by atoms with Crippen LogP contribution in [0.5, 0.6) is 0 Å². The molecule has 170 valence electrons. The van der Waals surface area contributed by atoms with Crippen molar-refractivity contribution in [1.29, 1.82) is 0 Å². The smallest absolute Gasteiger partial charge is 0.263 e. The number of benzene rings is 1. The van der Waals surface area contributed by atoms with Gasteiger partial charge in [0.1, 0.15) is 0 Å². The predicted molar refractivity (Wildman–Crippen MR) is 121 cm³/mol. The number of piperidine rings is 2. The molecule has 0 unspecified atom stereocenters. The number of nitrogens with zero attached hydrogens (tertiary/aromatic N) is 4. The Morgan fingerprint density at radius 1 is 1.25 bits per heavy atom. The average molecular weight is 441 g/mol. The lowest BCUT2D eigenvalue weighted by molar-refractivity contribution is -0.145. The Labute approximate surface area is 187 Å². The van der Waals surface area contributed by atoms with Gasteiger partial charge in [-0.1, -0.05) is 25.1 Å². The quantitative estimate of drug-likeness (QED) is 0.723. The zero-order valence-electron chi connectivity index (χ0n) is 18.7. The Hall–Kier alpha value is -2.41. The van der Waals surface area contributed by atoms with Gasteiger partial charge in [-0.15, -0.1) is 0 Å². The molecule has 5 rings (SSSR count). The van der Waals surface area contributed by atoms with E-state index in [0.717, 1.165) is 35.1 Å². The molecule has 3 aliphatic heterocycles. The summed E-state index contributed by atoms with van der Waals surface area (Å²) in [5.41, 5.74) is 4.33. The van der Waals surface area contributed by atoms with E-state index in [1.807, 2.05) is 11.0 Å². The maximum Gasteiger partial charge on any atom is 0.263 e. The molecule has 0 aliphatic carbocycles. The predicted octanol–water partition coefficient (Wildman–Crippen LogP) is 3.97. The second kappa shape index (κ2) is 8.18. The lowest BCUT2D eigenvalue weighted by Gasteiger charge is -2.40. The first-order chi connectivity index (χ1) is 15.3. The SMILES string of the molecule is C[C@@H]1C[C@H](c2ccc(C3=NC3)c3ncccc23)CN(C(=O)C[C@H]2CCN(C)CC2(F)F)C1. The maximum atomic E-state index is 14.5. The number of hydrogen-bond acceptors (Lipinski definition) is 4. The van der Waals surface area contributed by atoms with E-state index in [1.165, 1.54) is 5.56 Å². The van der Waals surface area contributed by atoms with E-state index in [9.17, 15) is 13.6 Å². The molecule has 5 nitrogen and oxygen atoms in total. The highest BCUT2D eigenvalue weighted by molar-refractivity contribution is 6.17. The van der Waals surface area contributed by atoms with Gasteiger partial charge in [0.05, 0.1) is 24.3 Å². The average Bonchev–Trinajstić information content (AvgIpc) is 3.59. The van der Waals surface area contributed by atoms with Crippen LogP contribution in [0.3, 0.4) is 0 Å². The fourth-order valence-electron chi connectivity index (χ4n) is 5.52. The number of carbonyl (C=O) groups excluding carboxylic acids is 1. The standard InChI is InChI=1S/C25H30F2N4O/c1-16-10-17(19-5-6-21(22-12-29-22)24-20(19)4-3-8-28-24)14-31(13-16)23(32)11-18-7-9-30(2)15-25(18,26)27/h3-6,8,16-18H,7,9-15H2,1-2H3/t16-,17+,18-/m1/s1. The van der Waals surface area contributed by atoms with Crippen molar-refractivity contribution in [2.75, 3.05) is 39.8 Å². The lowest BCUT2D eigenvalue weighted by atomic mass is 9.82. The van der Waals surface area contributed by atoms with Gasteiger partial charge in [-0.05, 0) is 44.0 Å². The van der Waals surface area contributed by atoms with Crippen LogP contribution in [0.15, 0.2) is 35.5 Å². The van der Waals surface area contributed by atoms with E-state index >= 15 is 0 Å². The number of amides is 1. The number of halogens is 2. The summed E-state index contributed by atoms with van der Waals surface area (Å²) >= 11 is 0. The molecule has 0 spiro atoms. The number of pyridine rings is 1. The molecule has 2 fully saturated rings. The van der Waals surface area contributed by atoms with E-state index in [1.54, 1.807) is 18.1 Å². The zero-order chi connectivity index (χ0) is 22.5. The Balaban J connectivity index is 1.37. The van der Waals surface area contributed by atoms with Crippen LogP contribution in [-0.2, 0) is 4.79 Å². The molecule has 2 aromatic rings. The van der Waals surface area contributed by atoms with E-state index in [0.29, 0.717) is 32.0 Å². The number of aromatic nitrogens is 1. The van der Waals surface area contributed by atoms with E-state index in [2.05, 4.69) is 35.1 Å². The minimum Gasteiger partial charge on any atom is -0.342 e. The van der Waals surface area contributed by atoms with Crippen LogP contribution in [0.1, 0.15) is 43.2 Å². The lowest BCUT2D eigenvalue weighted by Crippen LogP contribution is -2.49. The fourth-order valence-corrected chi connectivity index (χ4v) is 5.52. The molecule has 0 N–H and O–H groups in total. The van der Waals surface area contributed by atoms with Gasteiger partial charge in [-0.25, -0.2) is 8.78 Å². The molecule has 7 heteroatoms. The first kappa shape index (κ1) is 21.4. The van der Waals surface area contributed by atoms with Gasteiger partial charge in [0.2, 0.25) is 5.91 Å². The third-order valence-electron chi connectivity index (χ3n) is 7.24. The van der Waals surface area contributed by atoms with Gasteiger partial charge in [-0.3, -0.25) is 14.8 Å². The molecule has 2 saturated heterocycles. The van der Waals surface area contributed by atoms with Crippen molar-refractivity contribution in [3.63, 3.8) is 0 Å². The van der Waals surface area contributed by atoms with Crippen molar-refractivity contribution in [1.82, 2.24) is 14.8 Å². The largest absolute Gasteiger partial charge is 0.342 e. The summed E-state index contributed by atoms with van der Waals surface area (Å²) in [7, 11) is 1.71. The van der Waals surface area contributed by atoms with Gasteiger partial charge in [0, 0.05) is 48.5 Å². The number of alkyl halides is 2. The van der Waals surface area contributed by atoms with Crippen LogP contribution in [0, 0.1) is 11.8 Å². The molecule has 32 heavy (non-hydrogen) atoms. The van der Waals surface area contributed by atoms with Gasteiger partial charge < -0.3 is 9.80 Å².